The van der Waals surface area contributed by atoms with Crippen molar-refractivity contribution < 1.29 is 23.8 Å². The average Bonchev–Trinajstić information content (AvgIpc) is 3.31. The van der Waals surface area contributed by atoms with E-state index in [9.17, 15) is 19.1 Å². The number of aryl methyl sites for hydroxylation is 2. The summed E-state index contributed by atoms with van der Waals surface area (Å²) in [6.07, 6.45) is 2.07. The van der Waals surface area contributed by atoms with Crippen molar-refractivity contribution in [1.82, 2.24) is 9.55 Å². The molecule has 5 aromatic rings. The first kappa shape index (κ1) is 29.5. The molecule has 8 heteroatoms. The number of rotatable bonds is 9. The van der Waals surface area contributed by atoms with Crippen LogP contribution in [0.4, 0.5) is 10.1 Å². The molecule has 3 aromatic carbocycles. The fourth-order valence-electron chi connectivity index (χ4n) is 6.67. The maximum absolute atomic E-state index is 13.8. The zero-order valence-electron chi connectivity index (χ0n) is 25.0. The highest BCUT2D eigenvalue weighted by atomic mass is 19.1. The molecule has 0 spiro atoms. The molecule has 7 nitrogen and oxygen atoms in total. The summed E-state index contributed by atoms with van der Waals surface area (Å²) in [5.74, 6) is -1.63. The molecular formula is C36H36FN3O4. The van der Waals surface area contributed by atoms with Gasteiger partial charge in [-0.1, -0.05) is 48.5 Å². The fourth-order valence-corrected chi connectivity index (χ4v) is 6.67. The van der Waals surface area contributed by atoms with Crippen molar-refractivity contribution in [3.8, 4) is 0 Å². The van der Waals surface area contributed by atoms with Gasteiger partial charge in [-0.3, -0.25) is 9.59 Å². The number of nitrogens with zero attached hydrogens (tertiary/aromatic N) is 2. The van der Waals surface area contributed by atoms with Crippen LogP contribution >= 0.6 is 0 Å². The maximum Gasteiger partial charge on any atom is 0.303 e. The minimum Gasteiger partial charge on any atom is -0.481 e. The van der Waals surface area contributed by atoms with E-state index in [1.54, 1.807) is 12.1 Å². The van der Waals surface area contributed by atoms with Gasteiger partial charge in [0, 0.05) is 48.3 Å². The number of fused-ring (bicyclic) bond motifs is 3. The molecule has 1 fully saturated rings. The molecule has 0 radical (unpaired) electrons. The maximum atomic E-state index is 13.8. The molecule has 1 atom stereocenters. The number of carboxylic acid groups (broad SMARTS) is 1. The molecule has 1 aliphatic rings. The number of carbonyl (C=O) groups is 2. The van der Waals surface area contributed by atoms with Crippen molar-refractivity contribution in [2.75, 3.05) is 18.5 Å². The third kappa shape index (κ3) is 5.95. The predicted molar refractivity (Wildman–Crippen MR) is 170 cm³/mol. The lowest BCUT2D eigenvalue weighted by Gasteiger charge is -2.30. The number of anilines is 1. The van der Waals surface area contributed by atoms with Crippen molar-refractivity contribution in [2.24, 2.45) is 5.92 Å². The Morgan fingerprint density at radius 1 is 1.05 bits per heavy atom. The summed E-state index contributed by atoms with van der Waals surface area (Å²) in [5.41, 5.74) is 7.28. The van der Waals surface area contributed by atoms with Gasteiger partial charge in [0.2, 0.25) is 5.91 Å². The number of para-hydroxylation sites is 1. The van der Waals surface area contributed by atoms with Gasteiger partial charge in [-0.05, 0) is 85.5 Å². The molecule has 0 aliphatic carbocycles. The topological polar surface area (TPSA) is 93.5 Å². The third-order valence-electron chi connectivity index (χ3n) is 8.86. The Morgan fingerprint density at radius 2 is 1.80 bits per heavy atom. The van der Waals surface area contributed by atoms with Gasteiger partial charge < -0.3 is 19.7 Å². The van der Waals surface area contributed by atoms with Crippen molar-refractivity contribution in [2.45, 2.75) is 52.0 Å². The number of hydrogen-bond donors (Lipinski definition) is 2. The molecule has 1 aliphatic heterocycles. The first-order chi connectivity index (χ1) is 21.3. The van der Waals surface area contributed by atoms with Gasteiger partial charge >= 0.3 is 5.97 Å². The average molecular weight is 594 g/mol. The number of hydrogen-bond acceptors (Lipinski definition) is 4. The van der Waals surface area contributed by atoms with E-state index in [2.05, 4.69) is 41.1 Å². The second kappa shape index (κ2) is 12.6. The van der Waals surface area contributed by atoms with Crippen LogP contribution in [-0.2, 0) is 27.3 Å². The van der Waals surface area contributed by atoms with Crippen LogP contribution in [0.5, 0.6) is 0 Å². The minimum atomic E-state index is -0.819. The van der Waals surface area contributed by atoms with Gasteiger partial charge in [-0.15, -0.1) is 0 Å². The highest BCUT2D eigenvalue weighted by Crippen LogP contribution is 2.36. The Bertz CT molecular complexity index is 1840. The van der Waals surface area contributed by atoms with Crippen LogP contribution in [0.1, 0.15) is 53.1 Å². The highest BCUT2D eigenvalue weighted by Gasteiger charge is 2.31. The smallest absolute Gasteiger partial charge is 0.303 e. The molecule has 0 saturated carbocycles. The zero-order chi connectivity index (χ0) is 30.8. The van der Waals surface area contributed by atoms with Gasteiger partial charge in [0.05, 0.1) is 11.4 Å². The summed E-state index contributed by atoms with van der Waals surface area (Å²) in [6, 6.07) is 22.4. The Morgan fingerprint density at radius 3 is 2.52 bits per heavy atom. The number of halogens is 1. The fraction of sp³-hybridized carbons (Fsp3) is 0.306. The zero-order valence-corrected chi connectivity index (χ0v) is 25.0. The van der Waals surface area contributed by atoms with Crippen LogP contribution in [0.3, 0.4) is 0 Å². The molecule has 2 aromatic heterocycles. The number of aliphatic carboxylic acids is 1. The van der Waals surface area contributed by atoms with E-state index in [-0.39, 0.29) is 24.2 Å². The van der Waals surface area contributed by atoms with E-state index in [1.165, 1.54) is 12.1 Å². The van der Waals surface area contributed by atoms with E-state index in [1.807, 2.05) is 31.2 Å². The van der Waals surface area contributed by atoms with Crippen LogP contribution < -0.4 is 5.32 Å². The number of ether oxygens (including phenoxy) is 1. The summed E-state index contributed by atoms with van der Waals surface area (Å²) in [7, 11) is 0. The van der Waals surface area contributed by atoms with Crippen LogP contribution in [-0.4, -0.2) is 39.7 Å². The minimum absolute atomic E-state index is 0.0645. The van der Waals surface area contributed by atoms with Crippen molar-refractivity contribution in [1.29, 1.82) is 0 Å². The van der Waals surface area contributed by atoms with Gasteiger partial charge in [0.15, 0.2) is 0 Å². The highest BCUT2D eigenvalue weighted by molar-refractivity contribution is 6.08. The SMILES string of the molecule is Cc1nc2c(c(C)c1CCC(=O)O)c1ccccc1n2Cc1ccc(C(C(=O)Nc2cccc(F)c2)C2CCOCC2)cc1. The monoisotopic (exact) mass is 593 g/mol. The van der Waals surface area contributed by atoms with E-state index < -0.39 is 11.8 Å². The molecule has 1 amide bonds. The lowest BCUT2D eigenvalue weighted by atomic mass is 9.80. The standard InChI is InChI=1S/C36H36FN3O4/c1-22-29(14-15-32(41)42)23(2)38-35-33(22)30-8-3-4-9-31(30)40(35)21-24-10-12-25(13-11-24)34(26-16-18-44-19-17-26)36(43)39-28-7-5-6-27(37)20-28/h3-13,20,26,34H,14-19,21H2,1-2H3,(H,39,43)(H,41,42). The number of amides is 1. The van der Waals surface area contributed by atoms with Crippen molar-refractivity contribution >= 4 is 39.5 Å². The molecule has 2 N–H and O–H groups in total. The number of aromatic nitrogens is 2. The Balaban J connectivity index is 1.33. The van der Waals surface area contributed by atoms with E-state index >= 15 is 0 Å². The number of benzene rings is 3. The Hall–Kier alpha value is -4.56. The van der Waals surface area contributed by atoms with Crippen LogP contribution in [0.2, 0.25) is 0 Å². The lowest BCUT2D eigenvalue weighted by Crippen LogP contribution is -2.31. The molecule has 1 saturated heterocycles. The van der Waals surface area contributed by atoms with Gasteiger partial charge in [-0.2, -0.15) is 0 Å². The molecule has 226 valence electrons. The first-order valence-corrected chi connectivity index (χ1v) is 15.1. The third-order valence-corrected chi connectivity index (χ3v) is 8.86. The number of nitrogens with one attached hydrogen (secondary N) is 1. The Labute approximate surface area is 255 Å². The van der Waals surface area contributed by atoms with Crippen molar-refractivity contribution in [3.05, 3.63) is 107 Å². The van der Waals surface area contributed by atoms with Crippen LogP contribution in [0.15, 0.2) is 72.8 Å². The Kier molecular flexibility index (Phi) is 8.44. The van der Waals surface area contributed by atoms with E-state index in [0.717, 1.165) is 62.7 Å². The molecular weight excluding hydrogens is 557 g/mol. The number of carboxylic acids is 1. The molecule has 6 rings (SSSR count). The summed E-state index contributed by atoms with van der Waals surface area (Å²) >= 11 is 0. The van der Waals surface area contributed by atoms with Gasteiger partial charge in [0.25, 0.3) is 0 Å². The van der Waals surface area contributed by atoms with Crippen molar-refractivity contribution in [3.63, 3.8) is 0 Å². The number of pyridine rings is 1. The summed E-state index contributed by atoms with van der Waals surface area (Å²) in [6.45, 7) is 5.83. The molecule has 3 heterocycles. The molecule has 0 bridgehead atoms. The second-order valence-electron chi connectivity index (χ2n) is 11.7. The number of carbonyl (C=O) groups excluding carboxylic acids is 1. The molecule has 44 heavy (non-hydrogen) atoms. The first-order valence-electron chi connectivity index (χ1n) is 15.1. The van der Waals surface area contributed by atoms with Crippen LogP contribution in [0.25, 0.3) is 21.9 Å². The molecule has 1 unspecified atom stereocenters. The lowest BCUT2D eigenvalue weighted by molar-refractivity contribution is -0.137. The van der Waals surface area contributed by atoms with Gasteiger partial charge in [-0.25, -0.2) is 9.37 Å². The summed E-state index contributed by atoms with van der Waals surface area (Å²) in [4.78, 5) is 29.9. The summed E-state index contributed by atoms with van der Waals surface area (Å²) < 4.78 is 21.6. The predicted octanol–water partition coefficient (Wildman–Crippen LogP) is 7.16. The second-order valence-corrected chi connectivity index (χ2v) is 11.7. The largest absolute Gasteiger partial charge is 0.481 e. The summed E-state index contributed by atoms with van der Waals surface area (Å²) in [5, 5.41) is 14.4. The van der Waals surface area contributed by atoms with E-state index in [4.69, 9.17) is 9.72 Å². The van der Waals surface area contributed by atoms with Crippen LogP contribution in [0, 0.1) is 25.6 Å². The quantitative estimate of drug-likeness (QED) is 0.189. The normalized spacial score (nSPS) is 14.6. The van der Waals surface area contributed by atoms with Gasteiger partial charge in [0.1, 0.15) is 11.5 Å². The van der Waals surface area contributed by atoms with E-state index in [0.29, 0.717) is 31.9 Å².